The maximum absolute atomic E-state index is 2.41. The van der Waals surface area contributed by atoms with Crippen LogP contribution in [0.15, 0.2) is 182 Å². The second-order valence-corrected chi connectivity index (χ2v) is 20.4. The molecule has 2 heteroatoms. The first-order valence-electron chi connectivity index (χ1n) is 16.1. The van der Waals surface area contributed by atoms with Crippen molar-refractivity contribution in [2.24, 2.45) is 11.8 Å². The molecule has 0 radical (unpaired) electrons. The quantitative estimate of drug-likeness (QED) is 0.142. The van der Waals surface area contributed by atoms with E-state index in [1.54, 1.807) is 0 Å². The summed E-state index contributed by atoms with van der Waals surface area (Å²) >= 11 is 0. The second-order valence-electron chi connectivity index (χ2n) is 12.5. The van der Waals surface area contributed by atoms with Crippen molar-refractivity contribution in [2.45, 2.75) is 12.8 Å². The molecule has 0 saturated heterocycles. The Morgan fingerprint density at radius 3 is 0.636 bits per heavy atom. The summed E-state index contributed by atoms with van der Waals surface area (Å²) in [6.07, 6.45) is 5.13. The van der Waals surface area contributed by atoms with E-state index in [4.69, 9.17) is 0 Å². The molecule has 2 atom stereocenters. The van der Waals surface area contributed by atoms with Gasteiger partial charge in [0, 0.05) is 0 Å². The van der Waals surface area contributed by atoms with Crippen LogP contribution in [0, 0.1) is 11.8 Å². The molecule has 0 aliphatic heterocycles. The van der Waals surface area contributed by atoms with E-state index in [0.29, 0.717) is 11.8 Å². The number of hydrogen-bond acceptors (Lipinski definition) is 0. The molecular formula is C42H42P2. The molecule has 1 fully saturated rings. The molecule has 0 nitrogen and oxygen atoms in total. The molecule has 7 rings (SSSR count). The molecule has 1 saturated carbocycles. The summed E-state index contributed by atoms with van der Waals surface area (Å²) in [6.45, 7) is 0. The van der Waals surface area contributed by atoms with E-state index in [-0.39, 0.29) is 0 Å². The molecule has 220 valence electrons. The standard InChI is InChI=1S/C42H42P2/c1-7-19-37(20-8-1)43(38-21-9-2-10-22-38,39-23-11-3-12-24-39)33-35-31-32-36(35)34-44(40-25-13-4-14-26-40,41-27-15-5-16-28-41)42-29-17-6-18-30-42/h1-30,35-36,43-44H,31-34H2. The molecule has 0 N–H and O–H groups in total. The third-order valence-electron chi connectivity index (χ3n) is 10.3. The van der Waals surface area contributed by atoms with E-state index in [0.717, 1.165) is 0 Å². The average molecular weight is 609 g/mol. The van der Waals surface area contributed by atoms with Crippen molar-refractivity contribution in [3.05, 3.63) is 182 Å². The van der Waals surface area contributed by atoms with Gasteiger partial charge in [-0.3, -0.25) is 0 Å². The Bertz CT molecular complexity index is 1410. The first-order valence-corrected chi connectivity index (χ1v) is 20.6. The summed E-state index contributed by atoms with van der Waals surface area (Å²) < 4.78 is 0. The normalized spacial score (nSPS) is 17.4. The van der Waals surface area contributed by atoms with Crippen molar-refractivity contribution in [1.29, 1.82) is 0 Å². The van der Waals surface area contributed by atoms with Gasteiger partial charge in [0.25, 0.3) is 0 Å². The minimum absolute atomic E-state index is 0.685. The zero-order valence-corrected chi connectivity index (χ0v) is 27.3. The molecule has 1 aliphatic carbocycles. The molecule has 6 aromatic carbocycles. The molecule has 44 heavy (non-hydrogen) atoms. The van der Waals surface area contributed by atoms with Crippen LogP contribution in [-0.4, -0.2) is 12.3 Å². The Morgan fingerprint density at radius 2 is 0.477 bits per heavy atom. The SMILES string of the molecule is c1ccc([PH](CC2CCC2C[PH](c2ccccc2)(c2ccccc2)c2ccccc2)(c2ccccc2)c2ccccc2)cc1. The zero-order valence-electron chi connectivity index (χ0n) is 25.3. The van der Waals surface area contributed by atoms with Crippen molar-refractivity contribution in [3.8, 4) is 0 Å². The van der Waals surface area contributed by atoms with Crippen molar-refractivity contribution in [3.63, 3.8) is 0 Å². The minimum atomic E-state index is -2.30. The fourth-order valence-electron chi connectivity index (χ4n) is 8.01. The van der Waals surface area contributed by atoms with Gasteiger partial charge in [0.05, 0.1) is 0 Å². The summed E-state index contributed by atoms with van der Waals surface area (Å²) in [4.78, 5) is 0. The van der Waals surface area contributed by atoms with Gasteiger partial charge < -0.3 is 0 Å². The fraction of sp³-hybridized carbons (Fsp3) is 0.143. The van der Waals surface area contributed by atoms with Crippen LogP contribution in [0.3, 0.4) is 0 Å². The first-order chi connectivity index (χ1) is 21.8. The predicted molar refractivity (Wildman–Crippen MR) is 199 cm³/mol. The predicted octanol–water partition coefficient (Wildman–Crippen LogP) is 7.47. The average Bonchev–Trinajstić information content (AvgIpc) is 3.11. The van der Waals surface area contributed by atoms with Crippen LogP contribution in [0.5, 0.6) is 0 Å². The van der Waals surface area contributed by atoms with Gasteiger partial charge in [-0.05, 0) is 0 Å². The Labute approximate surface area is 264 Å². The Balaban J connectivity index is 1.35. The summed E-state index contributed by atoms with van der Waals surface area (Å²) in [6, 6.07) is 69.0. The molecule has 0 bridgehead atoms. The summed E-state index contributed by atoms with van der Waals surface area (Å²) in [7, 11) is -4.59. The molecule has 6 aromatic rings. The summed E-state index contributed by atoms with van der Waals surface area (Å²) in [5.41, 5.74) is 0. The third kappa shape index (κ3) is 5.37. The monoisotopic (exact) mass is 608 g/mol. The van der Waals surface area contributed by atoms with E-state index in [9.17, 15) is 0 Å². The first kappa shape index (κ1) is 28.9. The van der Waals surface area contributed by atoms with Gasteiger partial charge in [-0.1, -0.05) is 0 Å². The van der Waals surface area contributed by atoms with Crippen LogP contribution in [0.1, 0.15) is 12.8 Å². The van der Waals surface area contributed by atoms with Crippen molar-refractivity contribution in [2.75, 3.05) is 12.3 Å². The topological polar surface area (TPSA) is 0 Å². The van der Waals surface area contributed by atoms with Crippen LogP contribution < -0.4 is 31.8 Å². The molecule has 2 unspecified atom stereocenters. The fourth-order valence-corrected chi connectivity index (χ4v) is 18.6. The zero-order chi connectivity index (χ0) is 29.7. The summed E-state index contributed by atoms with van der Waals surface area (Å²) in [5.74, 6) is 1.37. The van der Waals surface area contributed by atoms with Crippen LogP contribution in [-0.2, 0) is 0 Å². The van der Waals surface area contributed by atoms with E-state index in [2.05, 4.69) is 182 Å². The van der Waals surface area contributed by atoms with Crippen LogP contribution >= 0.6 is 14.5 Å². The van der Waals surface area contributed by atoms with Gasteiger partial charge in [-0.2, -0.15) is 0 Å². The van der Waals surface area contributed by atoms with Gasteiger partial charge in [0.2, 0.25) is 0 Å². The molecule has 1 aliphatic rings. The Hall–Kier alpha value is -3.82. The molecule has 0 spiro atoms. The second kappa shape index (κ2) is 13.0. The molecule has 0 amide bonds. The Kier molecular flexibility index (Phi) is 8.57. The number of benzene rings is 6. The van der Waals surface area contributed by atoms with Gasteiger partial charge in [-0.25, -0.2) is 0 Å². The van der Waals surface area contributed by atoms with Gasteiger partial charge in [-0.15, -0.1) is 0 Å². The summed E-state index contributed by atoms with van der Waals surface area (Å²) in [5, 5.41) is 9.17. The van der Waals surface area contributed by atoms with Crippen LogP contribution in [0.4, 0.5) is 0 Å². The van der Waals surface area contributed by atoms with Gasteiger partial charge in [0.15, 0.2) is 0 Å². The van der Waals surface area contributed by atoms with E-state index in [1.165, 1.54) is 57.0 Å². The van der Waals surface area contributed by atoms with E-state index in [1.807, 2.05) is 0 Å². The van der Waals surface area contributed by atoms with Crippen molar-refractivity contribution >= 4 is 46.4 Å². The van der Waals surface area contributed by atoms with E-state index < -0.39 is 14.5 Å². The number of rotatable bonds is 10. The third-order valence-corrected chi connectivity index (χ3v) is 20.5. The molecular weight excluding hydrogens is 566 g/mol. The maximum atomic E-state index is 2.41. The Morgan fingerprint density at radius 1 is 0.295 bits per heavy atom. The van der Waals surface area contributed by atoms with Gasteiger partial charge in [0.1, 0.15) is 0 Å². The van der Waals surface area contributed by atoms with Crippen LogP contribution in [0.2, 0.25) is 0 Å². The van der Waals surface area contributed by atoms with Crippen molar-refractivity contribution < 1.29 is 0 Å². The van der Waals surface area contributed by atoms with E-state index >= 15 is 0 Å². The molecule has 0 heterocycles. The van der Waals surface area contributed by atoms with Crippen LogP contribution in [0.25, 0.3) is 0 Å². The van der Waals surface area contributed by atoms with Crippen molar-refractivity contribution in [1.82, 2.24) is 0 Å². The van der Waals surface area contributed by atoms with Gasteiger partial charge >= 0.3 is 265 Å². The molecule has 0 aromatic heterocycles. The number of hydrogen-bond donors (Lipinski definition) is 0.